The number of rotatable bonds is 4. The van der Waals surface area contributed by atoms with Gasteiger partial charge in [0.2, 0.25) is 0 Å². The second kappa shape index (κ2) is 6.80. The quantitative estimate of drug-likeness (QED) is 0.860. The molecule has 0 atom stereocenters. The van der Waals surface area contributed by atoms with Gasteiger partial charge in [-0.25, -0.2) is 0 Å². The van der Waals surface area contributed by atoms with Gasteiger partial charge in [-0.1, -0.05) is 36.4 Å². The first-order valence-electron chi connectivity index (χ1n) is 7.25. The fourth-order valence-electron chi connectivity index (χ4n) is 2.35. The maximum Gasteiger partial charge on any atom is 0.293 e. The van der Waals surface area contributed by atoms with Crippen LogP contribution in [0.4, 0.5) is 4.79 Å². The molecule has 0 radical (unpaired) electrons. The number of nitrogens with zero attached hydrogens (tertiary/aromatic N) is 1. The summed E-state index contributed by atoms with van der Waals surface area (Å²) in [4.78, 5) is 26.1. The highest BCUT2D eigenvalue weighted by Gasteiger charge is 2.34. The summed E-state index contributed by atoms with van der Waals surface area (Å²) in [7, 11) is 1.46. The lowest BCUT2D eigenvalue weighted by molar-refractivity contribution is -0.123. The Morgan fingerprint density at radius 2 is 1.92 bits per heavy atom. The third kappa shape index (κ3) is 3.28. The Kier molecular flexibility index (Phi) is 4.57. The number of ether oxygens (including phenoxy) is 1. The lowest BCUT2D eigenvalue weighted by Gasteiger charge is -2.12. The summed E-state index contributed by atoms with van der Waals surface area (Å²) >= 11 is 0.897. The van der Waals surface area contributed by atoms with E-state index >= 15 is 0 Å². The fourth-order valence-corrected chi connectivity index (χ4v) is 3.19. The SMILES string of the molecule is COc1ccc(/C=C2/SC(=O)N(Cc3ccccc3)C2=O)cc1O. The minimum Gasteiger partial charge on any atom is -0.504 e. The van der Waals surface area contributed by atoms with Crippen molar-refractivity contribution in [1.82, 2.24) is 4.90 Å². The molecule has 1 saturated heterocycles. The minimum atomic E-state index is -0.329. The van der Waals surface area contributed by atoms with Crippen molar-refractivity contribution in [1.29, 1.82) is 0 Å². The number of imide groups is 1. The van der Waals surface area contributed by atoms with Crippen LogP contribution in [0.5, 0.6) is 11.5 Å². The Labute approximate surface area is 143 Å². The van der Waals surface area contributed by atoms with E-state index in [-0.39, 0.29) is 23.4 Å². The number of carbonyl (C=O) groups is 2. The van der Waals surface area contributed by atoms with Gasteiger partial charge >= 0.3 is 0 Å². The predicted octanol–water partition coefficient (Wildman–Crippen LogP) is 3.64. The Balaban J connectivity index is 1.82. The van der Waals surface area contributed by atoms with E-state index in [0.717, 1.165) is 17.3 Å². The van der Waals surface area contributed by atoms with Gasteiger partial charge in [-0.15, -0.1) is 0 Å². The Bertz CT molecular complexity index is 817. The molecule has 2 aromatic carbocycles. The molecular formula is C18H15NO4S. The molecule has 122 valence electrons. The summed E-state index contributed by atoms with van der Waals surface area (Å²) < 4.78 is 4.99. The van der Waals surface area contributed by atoms with E-state index in [1.54, 1.807) is 18.2 Å². The maximum atomic E-state index is 12.5. The van der Waals surface area contributed by atoms with Crippen molar-refractivity contribution in [3.8, 4) is 11.5 Å². The lowest BCUT2D eigenvalue weighted by Crippen LogP contribution is -2.27. The number of phenolic OH excluding ortho intramolecular Hbond substituents is 1. The first-order chi connectivity index (χ1) is 11.6. The average molecular weight is 341 g/mol. The number of phenols is 1. The number of amides is 2. The zero-order valence-electron chi connectivity index (χ0n) is 12.9. The molecule has 0 aromatic heterocycles. The topological polar surface area (TPSA) is 66.8 Å². The number of methoxy groups -OCH3 is 1. The average Bonchev–Trinajstić information content (AvgIpc) is 2.84. The molecule has 0 saturated carbocycles. The molecule has 5 nitrogen and oxygen atoms in total. The second-order valence-electron chi connectivity index (χ2n) is 5.18. The molecule has 0 aliphatic carbocycles. The van der Waals surface area contributed by atoms with Crippen LogP contribution in [-0.4, -0.2) is 28.3 Å². The van der Waals surface area contributed by atoms with Gasteiger partial charge in [0, 0.05) is 0 Å². The van der Waals surface area contributed by atoms with Gasteiger partial charge in [-0.2, -0.15) is 0 Å². The van der Waals surface area contributed by atoms with Crippen LogP contribution in [0, 0.1) is 0 Å². The van der Waals surface area contributed by atoms with Gasteiger partial charge in [0.25, 0.3) is 11.1 Å². The van der Waals surface area contributed by atoms with Gasteiger partial charge in [-0.3, -0.25) is 14.5 Å². The van der Waals surface area contributed by atoms with E-state index in [4.69, 9.17) is 4.74 Å². The summed E-state index contributed by atoms with van der Waals surface area (Å²) in [5.41, 5.74) is 1.52. The van der Waals surface area contributed by atoms with Gasteiger partial charge in [0.15, 0.2) is 11.5 Å². The predicted molar refractivity (Wildman–Crippen MR) is 92.6 cm³/mol. The van der Waals surface area contributed by atoms with E-state index in [1.807, 2.05) is 30.3 Å². The highest BCUT2D eigenvalue weighted by molar-refractivity contribution is 8.18. The Morgan fingerprint density at radius 3 is 2.58 bits per heavy atom. The molecule has 1 aliphatic heterocycles. The molecule has 1 fully saturated rings. The summed E-state index contributed by atoms with van der Waals surface area (Å²) in [6, 6.07) is 14.2. The van der Waals surface area contributed by atoms with E-state index in [9.17, 15) is 14.7 Å². The molecule has 3 rings (SSSR count). The third-order valence-corrected chi connectivity index (χ3v) is 4.47. The van der Waals surface area contributed by atoms with Crippen LogP contribution in [0.3, 0.4) is 0 Å². The van der Waals surface area contributed by atoms with Gasteiger partial charge in [0.1, 0.15) is 0 Å². The normalized spacial score (nSPS) is 16.0. The molecule has 1 aliphatic rings. The van der Waals surface area contributed by atoms with Gasteiger partial charge < -0.3 is 9.84 Å². The molecule has 6 heteroatoms. The van der Waals surface area contributed by atoms with Crippen LogP contribution in [0.25, 0.3) is 6.08 Å². The van der Waals surface area contributed by atoms with Crippen LogP contribution in [0.1, 0.15) is 11.1 Å². The Hall–Kier alpha value is -2.73. The largest absolute Gasteiger partial charge is 0.504 e. The smallest absolute Gasteiger partial charge is 0.293 e. The summed E-state index contributed by atoms with van der Waals surface area (Å²) in [6.45, 7) is 0.247. The van der Waals surface area contributed by atoms with Crippen molar-refractivity contribution in [2.45, 2.75) is 6.54 Å². The summed E-state index contributed by atoms with van der Waals surface area (Å²) in [6.07, 6.45) is 1.59. The highest BCUT2D eigenvalue weighted by atomic mass is 32.2. The van der Waals surface area contributed by atoms with Crippen LogP contribution in [0.2, 0.25) is 0 Å². The molecule has 1 heterocycles. The lowest BCUT2D eigenvalue weighted by atomic mass is 10.1. The van der Waals surface area contributed by atoms with Crippen LogP contribution in [-0.2, 0) is 11.3 Å². The fraction of sp³-hybridized carbons (Fsp3) is 0.111. The minimum absolute atomic E-state index is 0.0187. The molecule has 0 unspecified atom stereocenters. The van der Waals surface area contributed by atoms with Crippen LogP contribution in [0.15, 0.2) is 53.4 Å². The molecule has 24 heavy (non-hydrogen) atoms. The molecule has 1 N–H and O–H groups in total. The van der Waals surface area contributed by atoms with E-state index < -0.39 is 0 Å². The Morgan fingerprint density at radius 1 is 1.17 bits per heavy atom. The summed E-state index contributed by atoms with van der Waals surface area (Å²) in [5.74, 6) is 0.00302. The molecule has 2 aromatic rings. The first-order valence-corrected chi connectivity index (χ1v) is 8.06. The van der Waals surface area contributed by atoms with Crippen molar-refractivity contribution in [3.05, 3.63) is 64.6 Å². The standard InChI is InChI=1S/C18H15NO4S/c1-23-15-8-7-13(9-14(15)20)10-16-17(21)19(18(22)24-16)11-12-5-3-2-4-6-12/h2-10,20H,11H2,1H3/b16-10+. The molecule has 0 spiro atoms. The van der Waals surface area contributed by atoms with Crippen molar-refractivity contribution in [2.24, 2.45) is 0 Å². The van der Waals surface area contributed by atoms with Crippen LogP contribution >= 0.6 is 11.8 Å². The van der Waals surface area contributed by atoms with E-state index in [0.29, 0.717) is 16.2 Å². The van der Waals surface area contributed by atoms with E-state index in [1.165, 1.54) is 18.1 Å². The molecule has 0 bridgehead atoms. The maximum absolute atomic E-state index is 12.5. The third-order valence-electron chi connectivity index (χ3n) is 3.56. The number of hydrogen-bond acceptors (Lipinski definition) is 5. The zero-order chi connectivity index (χ0) is 17.1. The summed E-state index contributed by atoms with van der Waals surface area (Å²) in [5, 5.41) is 9.51. The van der Waals surface area contributed by atoms with Crippen molar-refractivity contribution < 1.29 is 19.4 Å². The second-order valence-corrected chi connectivity index (χ2v) is 6.18. The number of carbonyl (C=O) groups excluding carboxylic acids is 2. The van der Waals surface area contributed by atoms with Crippen molar-refractivity contribution in [3.63, 3.8) is 0 Å². The van der Waals surface area contributed by atoms with Crippen LogP contribution < -0.4 is 4.74 Å². The van der Waals surface area contributed by atoms with Crippen molar-refractivity contribution in [2.75, 3.05) is 7.11 Å². The number of hydrogen-bond donors (Lipinski definition) is 1. The number of thioether (sulfide) groups is 1. The highest BCUT2D eigenvalue weighted by Crippen LogP contribution is 2.34. The van der Waals surface area contributed by atoms with E-state index in [2.05, 4.69) is 0 Å². The first kappa shape index (κ1) is 16.1. The van der Waals surface area contributed by atoms with Gasteiger partial charge in [0.05, 0.1) is 18.6 Å². The molecular weight excluding hydrogens is 326 g/mol. The zero-order valence-corrected chi connectivity index (χ0v) is 13.7. The van der Waals surface area contributed by atoms with Gasteiger partial charge in [-0.05, 0) is 41.1 Å². The monoisotopic (exact) mass is 341 g/mol. The van der Waals surface area contributed by atoms with Crippen molar-refractivity contribution >= 4 is 29.0 Å². The number of aromatic hydroxyl groups is 1. The number of benzene rings is 2. The molecule has 2 amide bonds.